The van der Waals surface area contributed by atoms with E-state index >= 15 is 0 Å². The van der Waals surface area contributed by atoms with Gasteiger partial charge in [-0.15, -0.1) is 0 Å². The maximum atomic E-state index is 13.0. The number of amides is 3. The first-order chi connectivity index (χ1) is 17.4. The van der Waals surface area contributed by atoms with Crippen LogP contribution in [0.2, 0.25) is 0 Å². The van der Waals surface area contributed by atoms with Gasteiger partial charge in [0.15, 0.2) is 0 Å². The predicted molar refractivity (Wildman–Crippen MR) is 138 cm³/mol. The summed E-state index contributed by atoms with van der Waals surface area (Å²) in [4.78, 5) is 36.7. The van der Waals surface area contributed by atoms with Crippen LogP contribution in [0.5, 0.6) is 5.75 Å². The summed E-state index contributed by atoms with van der Waals surface area (Å²) in [5, 5.41) is 5.66. The highest BCUT2D eigenvalue weighted by Gasteiger charge is 2.22. The van der Waals surface area contributed by atoms with E-state index in [0.717, 1.165) is 16.7 Å². The Morgan fingerprint density at radius 3 is 2.08 bits per heavy atom. The number of carbonyl (C=O) groups excluding carboxylic acids is 3. The highest BCUT2D eigenvalue weighted by Crippen LogP contribution is 2.16. The molecular weight excluding hydrogens is 454 g/mol. The molecular formula is C29H32N3O4. The summed E-state index contributed by atoms with van der Waals surface area (Å²) < 4.78 is 5.83. The third kappa shape index (κ3) is 8.91. The zero-order valence-corrected chi connectivity index (χ0v) is 20.4. The molecule has 0 aromatic heterocycles. The summed E-state index contributed by atoms with van der Waals surface area (Å²) in [5.41, 5.74) is 8.17. The molecule has 3 aromatic carbocycles. The maximum Gasteiger partial charge on any atom is 0.243 e. The van der Waals surface area contributed by atoms with Gasteiger partial charge in [-0.3, -0.25) is 14.4 Å². The summed E-state index contributed by atoms with van der Waals surface area (Å²) in [5.74, 6) is -0.959. The first-order valence-electron chi connectivity index (χ1n) is 11.9. The minimum Gasteiger partial charge on any atom is -0.489 e. The Morgan fingerprint density at radius 1 is 0.861 bits per heavy atom. The lowest BCUT2D eigenvalue weighted by atomic mass is 10.0. The van der Waals surface area contributed by atoms with E-state index in [2.05, 4.69) is 10.6 Å². The smallest absolute Gasteiger partial charge is 0.243 e. The summed E-state index contributed by atoms with van der Waals surface area (Å²) in [6, 6.07) is 26.1. The van der Waals surface area contributed by atoms with Gasteiger partial charge in [0.1, 0.15) is 18.4 Å². The topological polar surface area (TPSA) is 111 Å². The predicted octanol–water partition coefficient (Wildman–Crippen LogP) is 3.33. The van der Waals surface area contributed by atoms with E-state index in [0.29, 0.717) is 25.3 Å². The number of benzene rings is 3. The van der Waals surface area contributed by atoms with E-state index in [1.165, 1.54) is 6.42 Å². The van der Waals surface area contributed by atoms with Crippen LogP contribution in [0.15, 0.2) is 84.9 Å². The molecule has 0 aliphatic carbocycles. The molecule has 0 saturated heterocycles. The van der Waals surface area contributed by atoms with Crippen molar-refractivity contribution in [2.75, 3.05) is 0 Å². The molecule has 3 rings (SSSR count). The number of carbonyl (C=O) groups is 3. The molecule has 0 aliphatic rings. The average Bonchev–Trinajstić information content (AvgIpc) is 2.90. The minimum atomic E-state index is -0.794. The van der Waals surface area contributed by atoms with Crippen molar-refractivity contribution in [3.63, 3.8) is 0 Å². The van der Waals surface area contributed by atoms with Gasteiger partial charge in [-0.05, 0) is 35.2 Å². The van der Waals surface area contributed by atoms with Crippen LogP contribution in [-0.2, 0) is 34.0 Å². The van der Waals surface area contributed by atoms with Crippen LogP contribution >= 0.6 is 0 Å². The SMILES string of the molecule is CC(C[CH]C(=O)NC(Cc1ccc(OCc2ccccc2)cc1)C(=O)NCc1ccccc1)C(N)=O. The molecule has 2 unspecified atom stereocenters. The van der Waals surface area contributed by atoms with E-state index < -0.39 is 23.8 Å². The van der Waals surface area contributed by atoms with Gasteiger partial charge in [-0.2, -0.15) is 0 Å². The van der Waals surface area contributed by atoms with Gasteiger partial charge in [0.05, 0.1) is 6.42 Å². The van der Waals surface area contributed by atoms with Crippen molar-refractivity contribution >= 4 is 17.7 Å². The second-order valence-corrected chi connectivity index (χ2v) is 8.63. The van der Waals surface area contributed by atoms with Gasteiger partial charge in [0.25, 0.3) is 0 Å². The largest absolute Gasteiger partial charge is 0.489 e. The summed E-state index contributed by atoms with van der Waals surface area (Å²) >= 11 is 0. The number of ether oxygens (including phenoxy) is 1. The van der Waals surface area contributed by atoms with Crippen LogP contribution < -0.4 is 21.1 Å². The molecule has 0 saturated carbocycles. The molecule has 7 nitrogen and oxygen atoms in total. The molecule has 7 heteroatoms. The van der Waals surface area contributed by atoms with Crippen LogP contribution in [0.1, 0.15) is 30.0 Å². The molecule has 2 atom stereocenters. The standard InChI is InChI=1S/C29H32N3O4/c1-21(28(30)34)12-17-27(33)32-26(29(35)31-19-23-8-4-2-5-9-23)18-22-13-15-25(16-14-22)36-20-24-10-6-3-7-11-24/h2-11,13-17,21,26H,12,18-20H2,1H3,(H2,30,34)(H,31,35)(H,32,33). The van der Waals surface area contributed by atoms with Gasteiger partial charge in [-0.25, -0.2) is 0 Å². The Hall–Kier alpha value is -4.13. The molecule has 187 valence electrons. The molecule has 0 bridgehead atoms. The Labute approximate surface area is 212 Å². The van der Waals surface area contributed by atoms with Crippen LogP contribution in [0.25, 0.3) is 0 Å². The first-order valence-corrected chi connectivity index (χ1v) is 11.9. The van der Waals surface area contributed by atoms with E-state index in [9.17, 15) is 14.4 Å². The lowest BCUT2D eigenvalue weighted by molar-refractivity contribution is -0.128. The number of hydrogen-bond donors (Lipinski definition) is 3. The van der Waals surface area contributed by atoms with Crippen molar-refractivity contribution in [3.05, 3.63) is 108 Å². The second-order valence-electron chi connectivity index (χ2n) is 8.63. The number of rotatable bonds is 13. The van der Waals surface area contributed by atoms with Crippen LogP contribution in [-0.4, -0.2) is 23.8 Å². The summed E-state index contributed by atoms with van der Waals surface area (Å²) in [7, 11) is 0. The zero-order chi connectivity index (χ0) is 25.8. The van der Waals surface area contributed by atoms with E-state index in [1.807, 2.05) is 84.9 Å². The lowest BCUT2D eigenvalue weighted by Crippen LogP contribution is -2.48. The van der Waals surface area contributed by atoms with Gasteiger partial charge < -0.3 is 21.1 Å². The quantitative estimate of drug-likeness (QED) is 0.344. The molecule has 36 heavy (non-hydrogen) atoms. The van der Waals surface area contributed by atoms with Crippen LogP contribution in [0.4, 0.5) is 0 Å². The monoisotopic (exact) mass is 486 g/mol. The fraction of sp³-hybridized carbons (Fsp3) is 0.241. The van der Waals surface area contributed by atoms with Crippen LogP contribution in [0.3, 0.4) is 0 Å². The molecule has 0 fully saturated rings. The van der Waals surface area contributed by atoms with Gasteiger partial charge >= 0.3 is 0 Å². The highest BCUT2D eigenvalue weighted by molar-refractivity contribution is 5.91. The first kappa shape index (κ1) is 26.5. The Kier molecular flexibility index (Phi) is 10.1. The highest BCUT2D eigenvalue weighted by atomic mass is 16.5. The average molecular weight is 487 g/mol. The number of nitrogens with two attached hydrogens (primary N) is 1. The molecule has 0 aliphatic heterocycles. The van der Waals surface area contributed by atoms with Gasteiger partial charge in [0.2, 0.25) is 17.7 Å². The lowest BCUT2D eigenvalue weighted by Gasteiger charge is -2.19. The normalized spacial score (nSPS) is 12.2. The van der Waals surface area contributed by atoms with Crippen molar-refractivity contribution in [1.29, 1.82) is 0 Å². The third-order valence-electron chi connectivity index (χ3n) is 5.70. The molecule has 0 spiro atoms. The fourth-order valence-electron chi connectivity index (χ4n) is 3.45. The molecule has 0 heterocycles. The summed E-state index contributed by atoms with van der Waals surface area (Å²) in [6.45, 7) is 2.46. The molecule has 3 amide bonds. The van der Waals surface area contributed by atoms with Crippen molar-refractivity contribution < 1.29 is 19.1 Å². The third-order valence-corrected chi connectivity index (χ3v) is 5.70. The minimum absolute atomic E-state index is 0.201. The Morgan fingerprint density at radius 2 is 1.47 bits per heavy atom. The number of hydrogen-bond acceptors (Lipinski definition) is 4. The van der Waals surface area contributed by atoms with E-state index in [1.54, 1.807) is 6.92 Å². The van der Waals surface area contributed by atoms with Crippen molar-refractivity contribution in [3.8, 4) is 5.75 Å². The maximum absolute atomic E-state index is 13.0. The van der Waals surface area contributed by atoms with Crippen LogP contribution in [0, 0.1) is 12.3 Å². The molecule has 4 N–H and O–H groups in total. The second kappa shape index (κ2) is 13.7. The van der Waals surface area contributed by atoms with Gasteiger partial charge in [-0.1, -0.05) is 79.7 Å². The molecule has 1 radical (unpaired) electrons. The van der Waals surface area contributed by atoms with Crippen molar-refractivity contribution in [2.45, 2.75) is 39.0 Å². The zero-order valence-electron chi connectivity index (χ0n) is 20.4. The number of primary amides is 1. The van der Waals surface area contributed by atoms with Crippen molar-refractivity contribution in [1.82, 2.24) is 10.6 Å². The molecule has 3 aromatic rings. The van der Waals surface area contributed by atoms with Gasteiger partial charge in [0, 0.05) is 18.9 Å². The van der Waals surface area contributed by atoms with Crippen molar-refractivity contribution in [2.24, 2.45) is 11.7 Å². The Balaban J connectivity index is 1.61. The number of nitrogens with one attached hydrogen (secondary N) is 2. The fourth-order valence-corrected chi connectivity index (χ4v) is 3.45. The van der Waals surface area contributed by atoms with E-state index in [4.69, 9.17) is 10.5 Å². The Bertz CT molecular complexity index is 1120. The summed E-state index contributed by atoms with van der Waals surface area (Å²) in [6.07, 6.45) is 1.85. The van der Waals surface area contributed by atoms with E-state index in [-0.39, 0.29) is 12.3 Å².